The number of nitrogens with zero attached hydrogens (tertiary/aromatic N) is 2. The van der Waals surface area contributed by atoms with Crippen molar-refractivity contribution >= 4 is 10.9 Å². The number of nitrogens with one attached hydrogen (secondary N) is 2. The van der Waals surface area contributed by atoms with Gasteiger partial charge in [0.2, 0.25) is 0 Å². The molecule has 6 N–H and O–H groups in total. The zero-order valence-electron chi connectivity index (χ0n) is 19.7. The first-order chi connectivity index (χ1) is 15.4. The average Bonchev–Trinajstić information content (AvgIpc) is 3.15. The van der Waals surface area contributed by atoms with Crippen molar-refractivity contribution < 1.29 is 0 Å². The van der Waals surface area contributed by atoms with Crippen molar-refractivity contribution in [3.8, 4) is 11.3 Å². The molecule has 0 saturated carbocycles. The number of benzene rings is 1. The van der Waals surface area contributed by atoms with Gasteiger partial charge in [0.15, 0.2) is 0 Å². The second kappa shape index (κ2) is 9.35. The summed E-state index contributed by atoms with van der Waals surface area (Å²) < 4.78 is 0. The topological polar surface area (TPSA) is 96.0 Å². The zero-order chi connectivity index (χ0) is 22.8. The Hall–Kier alpha value is -2.83. The molecule has 0 radical (unpaired) electrons. The summed E-state index contributed by atoms with van der Waals surface area (Å²) in [6, 6.07) is 9.21. The smallest absolute Gasteiger partial charge is 0.0503 e. The summed E-state index contributed by atoms with van der Waals surface area (Å²) in [7, 11) is 0. The molecule has 0 spiro atoms. The fraction of sp³-hybridized carbons (Fsp3) is 0.423. The van der Waals surface area contributed by atoms with Gasteiger partial charge < -0.3 is 16.1 Å². The number of hydrazine groups is 1. The molecule has 4 rings (SSSR count). The number of hydrogen-bond acceptors (Lipinski definition) is 5. The number of H-pyrrole nitrogens is 1. The van der Waals surface area contributed by atoms with Crippen LogP contribution >= 0.6 is 0 Å². The summed E-state index contributed by atoms with van der Waals surface area (Å²) in [5.41, 5.74) is 18.1. The van der Waals surface area contributed by atoms with E-state index in [1.54, 1.807) is 6.20 Å². The fourth-order valence-electron chi connectivity index (χ4n) is 5.03. The zero-order valence-corrected chi connectivity index (χ0v) is 19.7. The van der Waals surface area contributed by atoms with Crippen LogP contribution in [-0.2, 0) is 0 Å². The summed E-state index contributed by atoms with van der Waals surface area (Å²) in [6.07, 6.45) is 5.94. The predicted molar refractivity (Wildman–Crippen MR) is 133 cm³/mol. The van der Waals surface area contributed by atoms with Gasteiger partial charge in [-0.25, -0.2) is 0 Å². The van der Waals surface area contributed by atoms with Crippen molar-refractivity contribution in [2.45, 2.75) is 52.4 Å². The highest BCUT2D eigenvalue weighted by molar-refractivity contribution is 5.92. The summed E-state index contributed by atoms with van der Waals surface area (Å²) in [6.45, 7) is 11.6. The van der Waals surface area contributed by atoms with Crippen LogP contribution in [0.3, 0.4) is 0 Å². The van der Waals surface area contributed by atoms with Gasteiger partial charge in [0.1, 0.15) is 0 Å². The van der Waals surface area contributed by atoms with Gasteiger partial charge >= 0.3 is 0 Å². The van der Waals surface area contributed by atoms with E-state index >= 15 is 0 Å². The van der Waals surface area contributed by atoms with Gasteiger partial charge in [-0.05, 0) is 86.5 Å². The monoisotopic (exact) mass is 432 g/mol. The van der Waals surface area contributed by atoms with E-state index in [0.29, 0.717) is 11.8 Å². The van der Waals surface area contributed by atoms with Gasteiger partial charge in [-0.1, -0.05) is 19.9 Å². The molecule has 0 atom stereocenters. The van der Waals surface area contributed by atoms with E-state index < -0.39 is 0 Å². The molecule has 0 unspecified atom stereocenters. The van der Waals surface area contributed by atoms with Gasteiger partial charge in [0.25, 0.3) is 0 Å². The number of rotatable bonds is 6. The maximum atomic E-state index is 6.01. The van der Waals surface area contributed by atoms with Gasteiger partial charge in [0, 0.05) is 46.8 Å². The van der Waals surface area contributed by atoms with Crippen molar-refractivity contribution in [2.75, 3.05) is 19.6 Å². The first-order valence-corrected chi connectivity index (χ1v) is 11.6. The lowest BCUT2D eigenvalue weighted by atomic mass is 9.87. The van der Waals surface area contributed by atoms with Crippen LogP contribution in [-0.4, -0.2) is 34.5 Å². The number of aromatic amines is 1. The van der Waals surface area contributed by atoms with Crippen molar-refractivity contribution in [3.63, 3.8) is 0 Å². The summed E-state index contributed by atoms with van der Waals surface area (Å²) in [5.74, 6) is 6.34. The molecule has 1 fully saturated rings. The second-order valence-corrected chi connectivity index (χ2v) is 9.45. The van der Waals surface area contributed by atoms with Crippen LogP contribution in [0.5, 0.6) is 0 Å². The molecule has 1 saturated heterocycles. The Morgan fingerprint density at radius 3 is 2.69 bits per heavy atom. The number of aromatic nitrogens is 2. The lowest BCUT2D eigenvalue weighted by Gasteiger charge is -2.32. The Balaban J connectivity index is 1.63. The van der Waals surface area contributed by atoms with E-state index in [-0.39, 0.29) is 0 Å². The summed E-state index contributed by atoms with van der Waals surface area (Å²) in [5, 5.41) is 1.35. The van der Waals surface area contributed by atoms with Crippen LogP contribution in [0.25, 0.3) is 22.2 Å². The number of nitrogens with two attached hydrogens (primary N) is 2. The second-order valence-electron chi connectivity index (χ2n) is 9.45. The number of piperidine rings is 1. The van der Waals surface area contributed by atoms with Gasteiger partial charge in [0.05, 0.1) is 5.69 Å². The van der Waals surface area contributed by atoms with Gasteiger partial charge in [-0.2, -0.15) is 0 Å². The summed E-state index contributed by atoms with van der Waals surface area (Å²) in [4.78, 5) is 10.6. The molecule has 3 aromatic rings. The molecule has 3 heterocycles. The van der Waals surface area contributed by atoms with Crippen LogP contribution in [0.2, 0.25) is 0 Å². The van der Waals surface area contributed by atoms with E-state index in [9.17, 15) is 0 Å². The lowest BCUT2D eigenvalue weighted by Crippen LogP contribution is -2.36. The SMILES string of the molecule is Cc1cc(-c2[nH]c3ccc(C4CCN(C/C(N)=C/NN)CC4)cc3c2C(C)C)c(C)cn1. The highest BCUT2D eigenvalue weighted by atomic mass is 15.2. The average molecular weight is 433 g/mol. The largest absolute Gasteiger partial charge is 0.400 e. The van der Waals surface area contributed by atoms with Crippen molar-refractivity contribution in [3.05, 3.63) is 64.7 Å². The minimum Gasteiger partial charge on any atom is -0.400 e. The number of pyridine rings is 1. The number of likely N-dealkylation sites (tertiary alicyclic amines) is 1. The third-order valence-corrected chi connectivity index (χ3v) is 6.68. The van der Waals surface area contributed by atoms with Crippen LogP contribution < -0.4 is 17.0 Å². The fourth-order valence-corrected chi connectivity index (χ4v) is 5.03. The van der Waals surface area contributed by atoms with Gasteiger partial charge in [-0.15, -0.1) is 0 Å². The molecular formula is C26H36N6. The third kappa shape index (κ3) is 4.52. The van der Waals surface area contributed by atoms with Crippen molar-refractivity contribution in [2.24, 2.45) is 11.6 Å². The first-order valence-electron chi connectivity index (χ1n) is 11.6. The predicted octanol–water partition coefficient (Wildman–Crippen LogP) is 4.41. The molecule has 170 valence electrons. The Morgan fingerprint density at radius 1 is 1.25 bits per heavy atom. The minimum absolute atomic E-state index is 0.426. The molecule has 32 heavy (non-hydrogen) atoms. The minimum atomic E-state index is 0.426. The van der Waals surface area contributed by atoms with Crippen molar-refractivity contribution in [1.82, 2.24) is 20.3 Å². The Labute approximate surface area is 191 Å². The van der Waals surface area contributed by atoms with E-state index in [0.717, 1.165) is 43.9 Å². The van der Waals surface area contributed by atoms with E-state index in [1.165, 1.54) is 38.9 Å². The highest BCUT2D eigenvalue weighted by Gasteiger charge is 2.23. The van der Waals surface area contributed by atoms with Crippen LogP contribution in [0.4, 0.5) is 0 Å². The first kappa shape index (κ1) is 22.4. The molecule has 6 heteroatoms. The quantitative estimate of drug-likeness (QED) is 0.342. The number of aryl methyl sites for hydroxylation is 2. The van der Waals surface area contributed by atoms with Crippen LogP contribution in [0, 0.1) is 13.8 Å². The maximum Gasteiger partial charge on any atom is 0.0503 e. The third-order valence-electron chi connectivity index (χ3n) is 6.68. The molecule has 1 aliphatic heterocycles. The molecule has 1 aromatic carbocycles. The van der Waals surface area contributed by atoms with Crippen LogP contribution in [0.15, 0.2) is 42.4 Å². The molecule has 6 nitrogen and oxygen atoms in total. The van der Waals surface area contributed by atoms with Crippen molar-refractivity contribution in [1.29, 1.82) is 0 Å². The standard InChI is InChI=1S/C26H36N6/c1-16(2)25-23-12-20(19-7-9-32(10-8-19)15-21(27)14-30-28)5-6-24(23)31-26(25)22-11-18(4)29-13-17(22)3/h5-6,11-14,16,19,30-31H,7-10,15,27-28H2,1-4H3/b21-14-. The normalized spacial score (nSPS) is 16.2. The Kier molecular flexibility index (Phi) is 6.53. The number of fused-ring (bicyclic) bond motifs is 1. The highest BCUT2D eigenvalue weighted by Crippen LogP contribution is 2.39. The van der Waals surface area contributed by atoms with Crippen LogP contribution in [0.1, 0.15) is 60.9 Å². The molecule has 0 amide bonds. The molecule has 2 aromatic heterocycles. The maximum absolute atomic E-state index is 6.01. The van der Waals surface area contributed by atoms with E-state index in [1.807, 2.05) is 6.20 Å². The Morgan fingerprint density at radius 2 is 2.00 bits per heavy atom. The lowest BCUT2D eigenvalue weighted by molar-refractivity contribution is 0.227. The molecule has 1 aliphatic rings. The summed E-state index contributed by atoms with van der Waals surface area (Å²) >= 11 is 0. The Bertz CT molecular complexity index is 1120. The van der Waals surface area contributed by atoms with E-state index in [2.05, 4.69) is 72.3 Å². The van der Waals surface area contributed by atoms with Gasteiger partial charge in [-0.3, -0.25) is 15.7 Å². The molecular weight excluding hydrogens is 396 g/mol. The molecule has 0 aliphatic carbocycles. The van der Waals surface area contributed by atoms with E-state index in [4.69, 9.17) is 11.6 Å². The molecule has 0 bridgehead atoms. The number of hydrogen-bond donors (Lipinski definition) is 4.